The summed E-state index contributed by atoms with van der Waals surface area (Å²) in [6.45, 7) is 5.22. The SMILES string of the molecule is CCOP1(=O)OCC(C)(C)[C@H](C(=O)NCCC(=O)NCCSC(=O)CC(=O)CC(=O)/C=C/C(=O)O)O1. The summed E-state index contributed by atoms with van der Waals surface area (Å²) < 4.78 is 27.8. The number of ketones is 2. The van der Waals surface area contributed by atoms with Gasteiger partial charge in [0.25, 0.3) is 0 Å². The van der Waals surface area contributed by atoms with Crippen molar-refractivity contribution in [3.8, 4) is 0 Å². The minimum Gasteiger partial charge on any atom is -0.478 e. The number of nitrogens with one attached hydrogen (secondary N) is 2. The van der Waals surface area contributed by atoms with E-state index in [2.05, 4.69) is 10.6 Å². The zero-order valence-electron chi connectivity index (χ0n) is 20.3. The van der Waals surface area contributed by atoms with Gasteiger partial charge < -0.3 is 15.7 Å². The van der Waals surface area contributed by atoms with Crippen LogP contribution in [-0.2, 0) is 46.9 Å². The molecule has 0 radical (unpaired) electrons. The van der Waals surface area contributed by atoms with E-state index in [0.29, 0.717) is 6.08 Å². The molecule has 0 saturated carbocycles. The topological polar surface area (TPSA) is 191 Å². The second-order valence-corrected chi connectivity index (χ2v) is 11.0. The highest BCUT2D eigenvalue weighted by atomic mass is 32.2. The van der Waals surface area contributed by atoms with Gasteiger partial charge in [0.2, 0.25) is 11.8 Å². The lowest BCUT2D eigenvalue weighted by Crippen LogP contribution is -2.50. The first-order chi connectivity index (χ1) is 16.8. The molecule has 0 aliphatic carbocycles. The first-order valence-electron chi connectivity index (χ1n) is 11.0. The van der Waals surface area contributed by atoms with Crippen LogP contribution < -0.4 is 10.6 Å². The van der Waals surface area contributed by atoms with Crippen LogP contribution in [0.4, 0.5) is 0 Å². The van der Waals surface area contributed by atoms with Gasteiger partial charge in [-0.25, -0.2) is 9.36 Å². The minimum absolute atomic E-state index is 0.00860. The fourth-order valence-electron chi connectivity index (χ4n) is 2.78. The number of Topliss-reactive ketones (excluding diaryl/α,β-unsaturated/α-hetero) is 1. The molecule has 36 heavy (non-hydrogen) atoms. The first kappa shape index (κ1) is 31.6. The quantitative estimate of drug-likeness (QED) is 0.114. The molecule has 202 valence electrons. The normalized spacial score (nSPS) is 21.0. The van der Waals surface area contributed by atoms with Gasteiger partial charge in [0, 0.05) is 36.8 Å². The van der Waals surface area contributed by atoms with E-state index in [9.17, 15) is 33.3 Å². The predicted octanol–water partition coefficient (Wildman–Crippen LogP) is 1.01. The third kappa shape index (κ3) is 12.0. The molecular weight excluding hydrogens is 519 g/mol. The summed E-state index contributed by atoms with van der Waals surface area (Å²) in [4.78, 5) is 69.7. The summed E-state index contributed by atoms with van der Waals surface area (Å²) >= 11 is 0.809. The molecule has 1 fully saturated rings. The number of hydrogen-bond acceptors (Lipinski definition) is 11. The highest BCUT2D eigenvalue weighted by molar-refractivity contribution is 8.13. The zero-order chi connectivity index (χ0) is 27.4. The molecule has 2 amide bonds. The van der Waals surface area contributed by atoms with E-state index in [1.54, 1.807) is 20.8 Å². The van der Waals surface area contributed by atoms with Crippen molar-refractivity contribution in [2.75, 3.05) is 32.1 Å². The third-order valence-corrected chi connectivity index (χ3v) is 6.89. The fourth-order valence-corrected chi connectivity index (χ4v) is 5.12. The lowest BCUT2D eigenvalue weighted by molar-refractivity contribution is -0.141. The van der Waals surface area contributed by atoms with E-state index >= 15 is 0 Å². The van der Waals surface area contributed by atoms with Gasteiger partial charge in [-0.1, -0.05) is 25.6 Å². The van der Waals surface area contributed by atoms with Crippen LogP contribution >= 0.6 is 19.6 Å². The Bertz CT molecular complexity index is 935. The Morgan fingerprint density at radius 1 is 1.11 bits per heavy atom. The molecule has 1 rings (SSSR count). The van der Waals surface area contributed by atoms with Crippen LogP contribution in [0.15, 0.2) is 12.2 Å². The van der Waals surface area contributed by atoms with Crippen LogP contribution in [0.3, 0.4) is 0 Å². The molecule has 1 unspecified atom stereocenters. The van der Waals surface area contributed by atoms with E-state index in [1.165, 1.54) is 0 Å². The van der Waals surface area contributed by atoms with Gasteiger partial charge in [0.05, 0.1) is 26.1 Å². The Hall–Kier alpha value is -2.38. The van der Waals surface area contributed by atoms with E-state index in [0.717, 1.165) is 17.8 Å². The van der Waals surface area contributed by atoms with E-state index in [1.807, 2.05) is 0 Å². The zero-order valence-corrected chi connectivity index (χ0v) is 22.0. The van der Waals surface area contributed by atoms with Crippen LogP contribution in [0.5, 0.6) is 0 Å². The molecule has 13 nitrogen and oxygen atoms in total. The number of carboxylic acids is 1. The predicted molar refractivity (Wildman–Crippen MR) is 128 cm³/mol. The van der Waals surface area contributed by atoms with Crippen LogP contribution in [0.2, 0.25) is 0 Å². The molecule has 1 aliphatic heterocycles. The average Bonchev–Trinajstić information content (AvgIpc) is 2.77. The van der Waals surface area contributed by atoms with Crippen molar-refractivity contribution in [2.24, 2.45) is 5.41 Å². The average molecular weight is 551 g/mol. The van der Waals surface area contributed by atoms with E-state index < -0.39 is 60.7 Å². The molecule has 0 bridgehead atoms. The molecule has 1 aliphatic rings. The molecule has 1 saturated heterocycles. The van der Waals surface area contributed by atoms with Crippen LogP contribution in [0, 0.1) is 5.41 Å². The maximum absolute atomic E-state index is 12.5. The highest BCUT2D eigenvalue weighted by Gasteiger charge is 2.48. The largest absolute Gasteiger partial charge is 0.478 e. The Kier molecular flexibility index (Phi) is 13.2. The van der Waals surface area contributed by atoms with Gasteiger partial charge >= 0.3 is 13.8 Å². The number of phosphoric ester groups is 1. The summed E-state index contributed by atoms with van der Waals surface area (Å²) in [7, 11) is -3.84. The summed E-state index contributed by atoms with van der Waals surface area (Å²) in [5.74, 6) is -3.43. The van der Waals surface area contributed by atoms with Gasteiger partial charge in [-0.3, -0.25) is 37.5 Å². The van der Waals surface area contributed by atoms with Crippen molar-refractivity contribution in [3.63, 3.8) is 0 Å². The fraction of sp³-hybridized carbons (Fsp3) is 0.619. The van der Waals surface area contributed by atoms with Crippen molar-refractivity contribution in [1.29, 1.82) is 0 Å². The van der Waals surface area contributed by atoms with Crippen molar-refractivity contribution in [3.05, 3.63) is 12.2 Å². The van der Waals surface area contributed by atoms with Gasteiger partial charge in [-0.05, 0) is 13.0 Å². The number of hydrogen-bond donors (Lipinski definition) is 3. The van der Waals surface area contributed by atoms with Crippen molar-refractivity contribution >= 4 is 54.1 Å². The van der Waals surface area contributed by atoms with Gasteiger partial charge in [-0.15, -0.1) is 0 Å². The second-order valence-electron chi connectivity index (χ2n) is 8.25. The maximum atomic E-state index is 12.5. The molecule has 1 heterocycles. The molecule has 0 aromatic carbocycles. The van der Waals surface area contributed by atoms with Crippen molar-refractivity contribution < 1.29 is 52.0 Å². The lowest BCUT2D eigenvalue weighted by Gasteiger charge is -2.39. The number of amides is 2. The van der Waals surface area contributed by atoms with Gasteiger partial charge in [0.1, 0.15) is 5.78 Å². The Labute approximate surface area is 212 Å². The van der Waals surface area contributed by atoms with Crippen molar-refractivity contribution in [2.45, 2.75) is 46.1 Å². The summed E-state index contributed by atoms with van der Waals surface area (Å²) in [5.41, 5.74) is -0.773. The lowest BCUT2D eigenvalue weighted by atomic mass is 9.87. The first-order valence-corrected chi connectivity index (χ1v) is 13.5. The molecular formula is C21H31N2O11PS. The number of aliphatic carboxylic acids is 1. The van der Waals surface area contributed by atoms with E-state index in [4.69, 9.17) is 18.7 Å². The summed E-state index contributed by atoms with van der Waals surface area (Å²) in [6.07, 6.45) is -0.842. The van der Waals surface area contributed by atoms with Crippen LogP contribution in [-0.4, -0.2) is 77.7 Å². The minimum atomic E-state index is -3.84. The number of allylic oxidation sites excluding steroid dienone is 1. The smallest absolute Gasteiger partial charge is 0.475 e. The highest BCUT2D eigenvalue weighted by Crippen LogP contribution is 2.57. The monoisotopic (exact) mass is 550 g/mol. The number of carbonyl (C=O) groups excluding carboxylic acids is 5. The number of thioether (sulfide) groups is 1. The molecule has 2 atom stereocenters. The molecule has 0 aromatic heterocycles. The second kappa shape index (κ2) is 15.0. The number of rotatable bonds is 15. The number of phosphoric acid groups is 1. The molecule has 3 N–H and O–H groups in total. The molecule has 0 aromatic rings. The number of carboxylic acid groups (broad SMARTS) is 1. The summed E-state index contributed by atoms with van der Waals surface area (Å²) in [6, 6.07) is 0. The Balaban J connectivity index is 2.28. The molecule has 15 heteroatoms. The van der Waals surface area contributed by atoms with Gasteiger partial charge in [-0.2, -0.15) is 0 Å². The van der Waals surface area contributed by atoms with Crippen molar-refractivity contribution in [1.82, 2.24) is 10.6 Å². The molecule has 0 spiro atoms. The standard InChI is InChI=1S/C21H31N2O11PS/c1-4-32-35(31)33-13-21(2,3)19(34-35)20(30)23-8-7-16(26)22-9-10-36-18(29)12-15(25)11-14(24)5-6-17(27)28/h5-6,19H,4,7-13H2,1-3H3,(H,22,26)(H,23,30)(H,27,28)/b6-5+/t19-,35?/m0/s1. The van der Waals surface area contributed by atoms with Crippen LogP contribution in [0.25, 0.3) is 0 Å². The third-order valence-electron chi connectivity index (χ3n) is 4.53. The van der Waals surface area contributed by atoms with Gasteiger partial charge in [0.15, 0.2) is 17.0 Å². The van der Waals surface area contributed by atoms with Crippen LogP contribution in [0.1, 0.15) is 40.0 Å². The summed E-state index contributed by atoms with van der Waals surface area (Å²) in [5, 5.41) is 13.1. The maximum Gasteiger partial charge on any atom is 0.475 e. The number of carbonyl (C=O) groups is 6. The van der Waals surface area contributed by atoms with E-state index in [-0.39, 0.29) is 44.4 Å². The Morgan fingerprint density at radius 2 is 1.81 bits per heavy atom. The Morgan fingerprint density at radius 3 is 2.44 bits per heavy atom.